The largest absolute Gasteiger partial charge is 0.0628 e. The summed E-state index contributed by atoms with van der Waals surface area (Å²) in [5.74, 6) is 5.47. The van der Waals surface area contributed by atoms with Crippen molar-refractivity contribution in [1.29, 1.82) is 0 Å². The zero-order valence-corrected chi connectivity index (χ0v) is 7.30. The second-order valence-corrected chi connectivity index (χ2v) is 4.72. The highest BCUT2D eigenvalue weighted by Gasteiger charge is 2.58. The summed E-state index contributed by atoms with van der Waals surface area (Å²) in [5.41, 5.74) is 0. The quantitative estimate of drug-likeness (QED) is 0.550. The SMILES string of the molecule is CC(C)CC1C(C)C2CC12. The van der Waals surface area contributed by atoms with Crippen molar-refractivity contribution in [3.05, 3.63) is 0 Å². The van der Waals surface area contributed by atoms with E-state index in [0.717, 1.165) is 17.8 Å². The minimum absolute atomic E-state index is 0.925. The van der Waals surface area contributed by atoms with Crippen molar-refractivity contribution < 1.29 is 0 Å². The Bertz CT molecular complexity index is 137. The van der Waals surface area contributed by atoms with E-state index in [1.807, 2.05) is 0 Å². The molecule has 0 aliphatic heterocycles. The third kappa shape index (κ3) is 0.810. The highest BCUT2D eigenvalue weighted by molar-refractivity contribution is 5.06. The van der Waals surface area contributed by atoms with Crippen molar-refractivity contribution in [3.8, 4) is 0 Å². The molecule has 0 amide bonds. The molecule has 2 rings (SSSR count). The van der Waals surface area contributed by atoms with E-state index >= 15 is 0 Å². The van der Waals surface area contributed by atoms with Gasteiger partial charge in [-0.15, -0.1) is 0 Å². The molecule has 4 unspecified atom stereocenters. The van der Waals surface area contributed by atoms with E-state index in [9.17, 15) is 0 Å². The summed E-state index contributed by atoms with van der Waals surface area (Å²) in [6, 6.07) is 0. The molecule has 2 saturated carbocycles. The second-order valence-electron chi connectivity index (χ2n) is 4.72. The molecular weight excluding hydrogens is 120 g/mol. The van der Waals surface area contributed by atoms with Crippen molar-refractivity contribution in [2.75, 3.05) is 0 Å². The molecule has 0 saturated heterocycles. The molecule has 2 aliphatic rings. The standard InChI is InChI=1S/C10H18/c1-6(2)4-8-7(3)9-5-10(8)9/h6-10H,4-5H2,1-3H3. The number of hydrogen-bond donors (Lipinski definition) is 0. The van der Waals surface area contributed by atoms with Crippen LogP contribution in [-0.4, -0.2) is 0 Å². The topological polar surface area (TPSA) is 0 Å². The maximum absolute atomic E-state index is 2.45. The first-order valence-electron chi connectivity index (χ1n) is 4.70. The monoisotopic (exact) mass is 138 g/mol. The van der Waals surface area contributed by atoms with Gasteiger partial charge in [-0.25, -0.2) is 0 Å². The van der Waals surface area contributed by atoms with Crippen molar-refractivity contribution in [2.45, 2.75) is 33.6 Å². The van der Waals surface area contributed by atoms with Gasteiger partial charge in [-0.3, -0.25) is 0 Å². The Balaban J connectivity index is 1.84. The lowest BCUT2D eigenvalue weighted by molar-refractivity contribution is 0.144. The summed E-state index contributed by atoms with van der Waals surface area (Å²) in [5, 5.41) is 0. The second kappa shape index (κ2) is 1.99. The minimum atomic E-state index is 0.925. The molecule has 58 valence electrons. The Hall–Kier alpha value is 0. The summed E-state index contributed by atoms with van der Waals surface area (Å²) >= 11 is 0. The summed E-state index contributed by atoms with van der Waals surface area (Å²) in [6.07, 6.45) is 3.06. The molecule has 0 heterocycles. The van der Waals surface area contributed by atoms with E-state index in [2.05, 4.69) is 20.8 Å². The van der Waals surface area contributed by atoms with E-state index in [1.165, 1.54) is 18.3 Å². The minimum Gasteiger partial charge on any atom is -0.0628 e. The van der Waals surface area contributed by atoms with Gasteiger partial charge < -0.3 is 0 Å². The van der Waals surface area contributed by atoms with Gasteiger partial charge in [0.15, 0.2) is 0 Å². The fourth-order valence-electron chi connectivity index (χ4n) is 2.83. The molecule has 0 spiro atoms. The first-order chi connectivity index (χ1) is 4.70. The molecule has 0 bridgehead atoms. The average molecular weight is 138 g/mol. The third-order valence-electron chi connectivity index (χ3n) is 3.54. The van der Waals surface area contributed by atoms with Gasteiger partial charge in [0.05, 0.1) is 0 Å². The number of rotatable bonds is 2. The molecule has 0 aromatic rings. The van der Waals surface area contributed by atoms with Crippen LogP contribution in [0, 0.1) is 29.6 Å². The molecular formula is C10H18. The Morgan fingerprint density at radius 2 is 2.00 bits per heavy atom. The van der Waals surface area contributed by atoms with Crippen molar-refractivity contribution in [3.63, 3.8) is 0 Å². The van der Waals surface area contributed by atoms with E-state index < -0.39 is 0 Å². The van der Waals surface area contributed by atoms with Gasteiger partial charge in [0.1, 0.15) is 0 Å². The van der Waals surface area contributed by atoms with Crippen molar-refractivity contribution in [2.24, 2.45) is 29.6 Å². The highest BCUT2D eigenvalue weighted by Crippen LogP contribution is 2.65. The van der Waals surface area contributed by atoms with Crippen LogP contribution >= 0.6 is 0 Å². The fraction of sp³-hybridized carbons (Fsp3) is 1.00. The zero-order chi connectivity index (χ0) is 7.30. The summed E-state index contributed by atoms with van der Waals surface area (Å²) in [6.45, 7) is 7.14. The average Bonchev–Trinajstić information content (AvgIpc) is 2.58. The molecule has 0 aromatic carbocycles. The molecule has 4 atom stereocenters. The molecule has 0 aromatic heterocycles. The Morgan fingerprint density at radius 1 is 1.30 bits per heavy atom. The number of fused-ring (bicyclic) bond motifs is 1. The maximum atomic E-state index is 2.45. The molecule has 0 radical (unpaired) electrons. The van der Waals surface area contributed by atoms with Crippen LogP contribution in [0.4, 0.5) is 0 Å². The molecule has 10 heavy (non-hydrogen) atoms. The predicted molar refractivity (Wildman–Crippen MR) is 43.7 cm³/mol. The Kier molecular flexibility index (Phi) is 1.33. The van der Waals surface area contributed by atoms with Crippen LogP contribution in [0.1, 0.15) is 33.6 Å². The van der Waals surface area contributed by atoms with Gasteiger partial charge in [0.2, 0.25) is 0 Å². The van der Waals surface area contributed by atoms with Crippen LogP contribution in [0.15, 0.2) is 0 Å². The molecule has 0 heteroatoms. The number of hydrogen-bond acceptors (Lipinski definition) is 0. The van der Waals surface area contributed by atoms with Crippen LogP contribution < -0.4 is 0 Å². The first-order valence-corrected chi connectivity index (χ1v) is 4.70. The fourth-order valence-corrected chi connectivity index (χ4v) is 2.83. The first kappa shape index (κ1) is 6.69. The molecule has 0 N–H and O–H groups in total. The molecule has 0 nitrogen and oxygen atoms in total. The van der Waals surface area contributed by atoms with Crippen LogP contribution in [0.3, 0.4) is 0 Å². The molecule has 2 fully saturated rings. The zero-order valence-electron chi connectivity index (χ0n) is 7.30. The van der Waals surface area contributed by atoms with Gasteiger partial charge in [-0.2, -0.15) is 0 Å². The van der Waals surface area contributed by atoms with Gasteiger partial charge in [0.25, 0.3) is 0 Å². The van der Waals surface area contributed by atoms with Crippen molar-refractivity contribution >= 4 is 0 Å². The van der Waals surface area contributed by atoms with E-state index in [4.69, 9.17) is 0 Å². The van der Waals surface area contributed by atoms with E-state index in [-0.39, 0.29) is 0 Å². The lowest BCUT2D eigenvalue weighted by atomic mass is 9.71. The summed E-state index contributed by atoms with van der Waals surface area (Å²) in [7, 11) is 0. The Morgan fingerprint density at radius 3 is 2.40 bits per heavy atom. The normalized spacial score (nSPS) is 50.4. The maximum Gasteiger partial charge on any atom is -0.0349 e. The van der Waals surface area contributed by atoms with E-state index in [1.54, 1.807) is 6.42 Å². The summed E-state index contributed by atoms with van der Waals surface area (Å²) < 4.78 is 0. The molecule has 2 aliphatic carbocycles. The van der Waals surface area contributed by atoms with Crippen LogP contribution in [-0.2, 0) is 0 Å². The van der Waals surface area contributed by atoms with Crippen molar-refractivity contribution in [1.82, 2.24) is 0 Å². The van der Waals surface area contributed by atoms with Crippen LogP contribution in [0.25, 0.3) is 0 Å². The smallest absolute Gasteiger partial charge is 0.0349 e. The predicted octanol–water partition coefficient (Wildman–Crippen LogP) is 2.93. The lowest BCUT2D eigenvalue weighted by Gasteiger charge is -2.34. The third-order valence-corrected chi connectivity index (χ3v) is 3.54. The van der Waals surface area contributed by atoms with Gasteiger partial charge in [0, 0.05) is 0 Å². The van der Waals surface area contributed by atoms with Crippen LogP contribution in [0.2, 0.25) is 0 Å². The summed E-state index contributed by atoms with van der Waals surface area (Å²) in [4.78, 5) is 0. The van der Waals surface area contributed by atoms with Gasteiger partial charge in [-0.1, -0.05) is 20.8 Å². The van der Waals surface area contributed by atoms with Gasteiger partial charge in [-0.05, 0) is 42.4 Å². The van der Waals surface area contributed by atoms with E-state index in [0.29, 0.717) is 0 Å². The highest BCUT2D eigenvalue weighted by atomic mass is 14.6. The lowest BCUT2D eigenvalue weighted by Crippen LogP contribution is -2.28. The van der Waals surface area contributed by atoms with Gasteiger partial charge >= 0.3 is 0 Å². The Labute approximate surface area is 64.0 Å². The van der Waals surface area contributed by atoms with Crippen LogP contribution in [0.5, 0.6) is 0 Å².